The highest BCUT2D eigenvalue weighted by atomic mass is 16.5. The molecule has 0 amide bonds. The van der Waals surface area contributed by atoms with Gasteiger partial charge in [-0.3, -0.25) is 4.79 Å². The maximum atomic E-state index is 11.2. The van der Waals surface area contributed by atoms with E-state index in [4.69, 9.17) is 4.74 Å². The summed E-state index contributed by atoms with van der Waals surface area (Å²) >= 11 is 0. The fraction of sp³-hybridized carbons (Fsp3) is 0.533. The van der Waals surface area contributed by atoms with Gasteiger partial charge in [0.05, 0.1) is 0 Å². The van der Waals surface area contributed by atoms with Crippen LogP contribution in [0.15, 0.2) is 30.3 Å². The van der Waals surface area contributed by atoms with Gasteiger partial charge in [0.15, 0.2) is 0 Å². The van der Waals surface area contributed by atoms with Crippen LogP contribution in [0.2, 0.25) is 0 Å². The monoisotopic (exact) mass is 265 g/mol. The molecule has 0 radical (unpaired) electrons. The number of carboxylic acid groups (broad SMARTS) is 1. The molecular formula is C15H23NO3. The van der Waals surface area contributed by atoms with Crippen molar-refractivity contribution in [3.63, 3.8) is 0 Å². The SMILES string of the molecule is CC(C)COCCCNC(C(=O)O)c1ccccc1. The average molecular weight is 265 g/mol. The minimum atomic E-state index is -0.853. The van der Waals surface area contributed by atoms with Crippen molar-refractivity contribution in [2.24, 2.45) is 5.92 Å². The molecule has 0 saturated heterocycles. The van der Waals surface area contributed by atoms with Crippen LogP contribution < -0.4 is 5.32 Å². The van der Waals surface area contributed by atoms with E-state index in [-0.39, 0.29) is 0 Å². The molecule has 2 N–H and O–H groups in total. The van der Waals surface area contributed by atoms with E-state index in [9.17, 15) is 9.90 Å². The molecule has 1 rings (SSSR count). The highest BCUT2D eigenvalue weighted by Gasteiger charge is 2.17. The van der Waals surface area contributed by atoms with E-state index in [1.165, 1.54) is 0 Å². The molecule has 106 valence electrons. The van der Waals surface area contributed by atoms with Crippen LogP contribution in [0, 0.1) is 5.92 Å². The summed E-state index contributed by atoms with van der Waals surface area (Å²) < 4.78 is 5.46. The number of ether oxygens (including phenoxy) is 1. The van der Waals surface area contributed by atoms with Crippen LogP contribution in [-0.4, -0.2) is 30.8 Å². The lowest BCUT2D eigenvalue weighted by Crippen LogP contribution is -2.29. The number of hydrogen-bond acceptors (Lipinski definition) is 3. The summed E-state index contributed by atoms with van der Waals surface area (Å²) in [5.74, 6) is -0.321. The molecule has 1 aromatic rings. The van der Waals surface area contributed by atoms with Gasteiger partial charge in [0.25, 0.3) is 0 Å². The normalized spacial score (nSPS) is 12.6. The van der Waals surface area contributed by atoms with Crippen molar-refractivity contribution in [3.8, 4) is 0 Å². The first-order valence-electron chi connectivity index (χ1n) is 6.70. The minimum absolute atomic E-state index is 0.532. The van der Waals surface area contributed by atoms with Gasteiger partial charge < -0.3 is 15.2 Å². The molecule has 1 aromatic carbocycles. The van der Waals surface area contributed by atoms with Crippen LogP contribution in [0.3, 0.4) is 0 Å². The lowest BCUT2D eigenvalue weighted by atomic mass is 10.1. The largest absolute Gasteiger partial charge is 0.480 e. The third-order valence-corrected chi connectivity index (χ3v) is 2.64. The topological polar surface area (TPSA) is 58.6 Å². The van der Waals surface area contributed by atoms with E-state index >= 15 is 0 Å². The second-order valence-electron chi connectivity index (χ2n) is 4.96. The lowest BCUT2D eigenvalue weighted by molar-refractivity contribution is -0.139. The Balaban J connectivity index is 2.30. The summed E-state index contributed by atoms with van der Waals surface area (Å²) in [6.07, 6.45) is 0.809. The van der Waals surface area contributed by atoms with Crippen molar-refractivity contribution in [2.45, 2.75) is 26.3 Å². The molecule has 0 heterocycles. The quantitative estimate of drug-likeness (QED) is 0.673. The number of hydrogen-bond donors (Lipinski definition) is 2. The van der Waals surface area contributed by atoms with Gasteiger partial charge in [0, 0.05) is 13.2 Å². The van der Waals surface area contributed by atoms with Crippen LogP contribution >= 0.6 is 0 Å². The van der Waals surface area contributed by atoms with E-state index < -0.39 is 12.0 Å². The first kappa shape index (κ1) is 15.7. The summed E-state index contributed by atoms with van der Waals surface area (Å²) in [4.78, 5) is 11.2. The summed E-state index contributed by atoms with van der Waals surface area (Å²) in [5, 5.41) is 12.3. The Morgan fingerprint density at radius 2 is 2.00 bits per heavy atom. The summed E-state index contributed by atoms with van der Waals surface area (Å²) in [6, 6.07) is 8.56. The molecule has 1 atom stereocenters. The van der Waals surface area contributed by atoms with Gasteiger partial charge in [-0.1, -0.05) is 44.2 Å². The molecule has 0 aliphatic heterocycles. The molecule has 0 saturated carbocycles. The zero-order chi connectivity index (χ0) is 14.1. The number of carboxylic acids is 1. The molecule has 0 aromatic heterocycles. The predicted octanol–water partition coefficient (Wildman–Crippen LogP) is 2.46. The van der Waals surface area contributed by atoms with Crippen molar-refractivity contribution in [1.29, 1.82) is 0 Å². The zero-order valence-corrected chi connectivity index (χ0v) is 11.6. The molecular weight excluding hydrogens is 242 g/mol. The van der Waals surface area contributed by atoms with Crippen LogP contribution in [0.5, 0.6) is 0 Å². The number of aliphatic carboxylic acids is 1. The van der Waals surface area contributed by atoms with Crippen molar-refractivity contribution >= 4 is 5.97 Å². The molecule has 0 bridgehead atoms. The van der Waals surface area contributed by atoms with E-state index in [2.05, 4.69) is 19.2 Å². The Labute approximate surface area is 114 Å². The Hall–Kier alpha value is -1.39. The fourth-order valence-electron chi connectivity index (χ4n) is 1.73. The van der Waals surface area contributed by atoms with Gasteiger partial charge in [0.2, 0.25) is 0 Å². The second-order valence-corrected chi connectivity index (χ2v) is 4.96. The van der Waals surface area contributed by atoms with Gasteiger partial charge in [-0.15, -0.1) is 0 Å². The van der Waals surface area contributed by atoms with Crippen molar-refractivity contribution in [3.05, 3.63) is 35.9 Å². The van der Waals surface area contributed by atoms with Crippen LogP contribution in [0.4, 0.5) is 0 Å². The first-order valence-corrected chi connectivity index (χ1v) is 6.70. The van der Waals surface area contributed by atoms with E-state index in [1.807, 2.05) is 30.3 Å². The molecule has 19 heavy (non-hydrogen) atoms. The standard InChI is InChI=1S/C15H23NO3/c1-12(2)11-19-10-6-9-16-14(15(17)18)13-7-4-3-5-8-13/h3-5,7-8,12,14,16H,6,9-11H2,1-2H3,(H,17,18). The van der Waals surface area contributed by atoms with Crippen molar-refractivity contribution in [2.75, 3.05) is 19.8 Å². The highest BCUT2D eigenvalue weighted by Crippen LogP contribution is 2.12. The van der Waals surface area contributed by atoms with Crippen molar-refractivity contribution < 1.29 is 14.6 Å². The highest BCUT2D eigenvalue weighted by molar-refractivity contribution is 5.75. The Morgan fingerprint density at radius 3 is 2.58 bits per heavy atom. The van der Waals surface area contributed by atoms with Crippen LogP contribution in [-0.2, 0) is 9.53 Å². The summed E-state index contributed by atoms with van der Waals surface area (Å²) in [5.41, 5.74) is 0.776. The number of carbonyl (C=O) groups is 1. The first-order chi connectivity index (χ1) is 9.11. The van der Waals surface area contributed by atoms with Crippen LogP contribution in [0.1, 0.15) is 31.9 Å². The fourth-order valence-corrected chi connectivity index (χ4v) is 1.73. The van der Waals surface area contributed by atoms with Crippen molar-refractivity contribution in [1.82, 2.24) is 5.32 Å². The third kappa shape index (κ3) is 6.36. The van der Waals surface area contributed by atoms with Gasteiger partial charge >= 0.3 is 5.97 Å². The van der Waals surface area contributed by atoms with E-state index in [0.717, 1.165) is 18.6 Å². The minimum Gasteiger partial charge on any atom is -0.480 e. The maximum Gasteiger partial charge on any atom is 0.325 e. The summed E-state index contributed by atoms with van der Waals surface area (Å²) in [6.45, 7) is 6.25. The maximum absolute atomic E-state index is 11.2. The lowest BCUT2D eigenvalue weighted by Gasteiger charge is -2.15. The molecule has 4 nitrogen and oxygen atoms in total. The number of nitrogens with one attached hydrogen (secondary N) is 1. The number of rotatable bonds is 9. The van der Waals surface area contributed by atoms with Gasteiger partial charge in [-0.25, -0.2) is 0 Å². The van der Waals surface area contributed by atoms with Gasteiger partial charge in [0.1, 0.15) is 6.04 Å². The third-order valence-electron chi connectivity index (χ3n) is 2.64. The zero-order valence-electron chi connectivity index (χ0n) is 11.6. The molecule has 0 fully saturated rings. The van der Waals surface area contributed by atoms with Gasteiger partial charge in [-0.05, 0) is 24.4 Å². The van der Waals surface area contributed by atoms with Gasteiger partial charge in [-0.2, -0.15) is 0 Å². The Kier molecular flexibility index (Phi) is 7.15. The van der Waals surface area contributed by atoms with E-state index in [0.29, 0.717) is 19.1 Å². The van der Waals surface area contributed by atoms with Crippen LogP contribution in [0.25, 0.3) is 0 Å². The Morgan fingerprint density at radius 1 is 1.32 bits per heavy atom. The number of benzene rings is 1. The van der Waals surface area contributed by atoms with E-state index in [1.54, 1.807) is 0 Å². The molecule has 4 heteroatoms. The molecule has 0 aliphatic carbocycles. The molecule has 0 aliphatic rings. The summed E-state index contributed by atoms with van der Waals surface area (Å²) in [7, 11) is 0. The average Bonchev–Trinajstić information content (AvgIpc) is 2.38. The molecule has 0 spiro atoms. The molecule has 1 unspecified atom stereocenters. The smallest absolute Gasteiger partial charge is 0.325 e. The predicted molar refractivity (Wildman–Crippen MR) is 75.1 cm³/mol. The Bertz CT molecular complexity index is 365. The second kappa shape index (κ2) is 8.67.